The van der Waals surface area contributed by atoms with E-state index in [0.717, 1.165) is 11.8 Å². The van der Waals surface area contributed by atoms with Crippen molar-refractivity contribution in [3.63, 3.8) is 0 Å². The number of methoxy groups -OCH3 is 2. The number of benzene rings is 2. The number of nitro benzene ring substituents is 1. The van der Waals surface area contributed by atoms with Crippen LogP contribution in [0.5, 0.6) is 11.5 Å². The first kappa shape index (κ1) is 25.3. The first-order chi connectivity index (χ1) is 14.4. The first-order valence-corrected chi connectivity index (χ1v) is 9.66. The Morgan fingerprint density at radius 1 is 1.26 bits per heavy atom. The lowest BCUT2D eigenvalue weighted by Crippen LogP contribution is -2.28. The third-order valence-corrected chi connectivity index (χ3v) is 4.41. The van der Waals surface area contributed by atoms with Gasteiger partial charge in [0.25, 0.3) is 15.8 Å². The molecule has 5 N–H and O–H groups in total. The normalized spacial score (nSPS) is 10.7. The van der Waals surface area contributed by atoms with Gasteiger partial charge in [0, 0.05) is 11.6 Å². The molecule has 0 heterocycles. The van der Waals surface area contributed by atoms with Gasteiger partial charge >= 0.3 is 0 Å². The van der Waals surface area contributed by atoms with E-state index < -0.39 is 21.0 Å². The van der Waals surface area contributed by atoms with Crippen LogP contribution in [0.4, 0.5) is 5.69 Å². The van der Waals surface area contributed by atoms with E-state index in [0.29, 0.717) is 0 Å². The van der Waals surface area contributed by atoms with Gasteiger partial charge < -0.3 is 15.2 Å². The Labute approximate surface area is 177 Å². The number of hydrogen-bond donors (Lipinski definition) is 4. The molecule has 2 rings (SSSR count). The fourth-order valence-electron chi connectivity index (χ4n) is 2.07. The molecule has 0 atom stereocenters. The van der Waals surface area contributed by atoms with E-state index in [1.807, 2.05) is 6.92 Å². The molecule has 0 saturated carbocycles. The number of non-ortho nitro benzene ring substituents is 1. The van der Waals surface area contributed by atoms with Crippen molar-refractivity contribution in [2.75, 3.05) is 14.2 Å². The molecule has 2 aromatic carbocycles. The maximum Gasteiger partial charge on any atom is 0.294 e. The van der Waals surface area contributed by atoms with Gasteiger partial charge in [0.15, 0.2) is 11.5 Å². The third kappa shape index (κ3) is 7.54. The molecule has 0 bridgehead atoms. The smallest absolute Gasteiger partial charge is 0.294 e. The average Bonchev–Trinajstić information content (AvgIpc) is 2.70. The number of aryl methyl sites for hydroxylation is 1. The summed E-state index contributed by atoms with van der Waals surface area (Å²) in [5.74, 6) is -0.383. The highest BCUT2D eigenvalue weighted by Gasteiger charge is 2.17. The second kappa shape index (κ2) is 10.9. The summed E-state index contributed by atoms with van der Waals surface area (Å²) in [6.45, 7) is 1.84. The number of nitro groups is 1. The van der Waals surface area contributed by atoms with Crippen LogP contribution in [0.1, 0.15) is 11.1 Å². The van der Waals surface area contributed by atoms with Gasteiger partial charge in [0.2, 0.25) is 5.96 Å². The van der Waals surface area contributed by atoms with Crippen molar-refractivity contribution >= 4 is 28.0 Å². The van der Waals surface area contributed by atoms with Crippen molar-refractivity contribution in [2.45, 2.75) is 11.8 Å². The predicted molar refractivity (Wildman–Crippen MR) is 110 cm³/mol. The van der Waals surface area contributed by atoms with Crippen molar-refractivity contribution in [2.24, 2.45) is 10.8 Å². The molecule has 0 unspecified atom stereocenters. The maximum absolute atomic E-state index is 10.8. The Kier molecular flexibility index (Phi) is 8.86. The van der Waals surface area contributed by atoms with Crippen molar-refractivity contribution in [1.82, 2.24) is 5.17 Å². The van der Waals surface area contributed by atoms with Crippen molar-refractivity contribution in [3.8, 4) is 11.5 Å². The summed E-state index contributed by atoms with van der Waals surface area (Å²) in [5.41, 5.74) is 5.88. The number of guanidine groups is 1. The molecule has 31 heavy (non-hydrogen) atoms. The van der Waals surface area contributed by atoms with E-state index >= 15 is 0 Å². The number of ether oxygens (including phenoxy) is 2. The summed E-state index contributed by atoms with van der Waals surface area (Å²) < 4.78 is 39.6. The lowest BCUT2D eigenvalue weighted by molar-refractivity contribution is -0.385. The highest BCUT2D eigenvalue weighted by molar-refractivity contribution is 7.85. The van der Waals surface area contributed by atoms with E-state index in [1.54, 1.807) is 12.1 Å². The van der Waals surface area contributed by atoms with Crippen LogP contribution in [-0.4, -0.2) is 54.7 Å². The number of hydroxylamine groups is 1. The Morgan fingerprint density at radius 3 is 2.26 bits per heavy atom. The summed E-state index contributed by atoms with van der Waals surface area (Å²) in [5, 5.41) is 30.4. The molecule has 0 amide bonds. The zero-order chi connectivity index (χ0) is 23.8. The Hall–Kier alpha value is -3.75. The van der Waals surface area contributed by atoms with E-state index in [4.69, 9.17) is 30.4 Å². The molecule has 0 aliphatic rings. The van der Waals surface area contributed by atoms with Crippen molar-refractivity contribution in [3.05, 3.63) is 57.6 Å². The molecular formula is C17H21N5O8S. The molecule has 0 spiro atoms. The maximum atomic E-state index is 10.8. The summed E-state index contributed by atoms with van der Waals surface area (Å²) in [7, 11) is -1.34. The zero-order valence-electron chi connectivity index (χ0n) is 16.7. The second-order valence-electron chi connectivity index (χ2n) is 5.73. The van der Waals surface area contributed by atoms with Gasteiger partial charge in [0.1, 0.15) is 0 Å². The fraction of sp³-hybridized carbons (Fsp3) is 0.176. The van der Waals surface area contributed by atoms with Gasteiger partial charge in [-0.2, -0.15) is 13.5 Å². The minimum Gasteiger partial charge on any atom is -0.493 e. The minimum absolute atomic E-state index is 0.0666. The lowest BCUT2D eigenvalue weighted by atomic mass is 10.1. The van der Waals surface area contributed by atoms with E-state index in [1.165, 1.54) is 38.5 Å². The largest absolute Gasteiger partial charge is 0.493 e. The number of nitrogens with zero attached hydrogens (tertiary/aromatic N) is 3. The number of hydrogen-bond acceptors (Lipinski definition) is 9. The van der Waals surface area contributed by atoms with Crippen molar-refractivity contribution in [1.29, 1.82) is 5.41 Å². The molecule has 14 heteroatoms. The Balaban J connectivity index is 0.000000367. The van der Waals surface area contributed by atoms with Gasteiger partial charge in [0.05, 0.1) is 36.3 Å². The number of nitrogens with one attached hydrogen (secondary N) is 1. The topological polar surface area (TPSA) is 202 Å². The van der Waals surface area contributed by atoms with Crippen LogP contribution in [0, 0.1) is 22.4 Å². The molecule has 13 nitrogen and oxygen atoms in total. The quantitative estimate of drug-likeness (QED) is 0.163. The first-order valence-electron chi connectivity index (χ1n) is 8.22. The van der Waals surface area contributed by atoms with Gasteiger partial charge in [-0.3, -0.25) is 25.3 Å². The monoisotopic (exact) mass is 455 g/mol. The van der Waals surface area contributed by atoms with E-state index in [2.05, 4.69) is 5.10 Å². The molecule has 0 saturated heterocycles. The van der Waals surface area contributed by atoms with Crippen LogP contribution in [-0.2, 0) is 10.1 Å². The zero-order valence-corrected chi connectivity index (χ0v) is 17.5. The molecule has 168 valence electrons. The predicted octanol–water partition coefficient (Wildman–Crippen LogP) is 1.77. The Morgan fingerprint density at radius 2 is 1.84 bits per heavy atom. The number of rotatable bonds is 6. The highest BCUT2D eigenvalue weighted by atomic mass is 32.2. The summed E-state index contributed by atoms with van der Waals surface area (Å²) >= 11 is 0. The van der Waals surface area contributed by atoms with Crippen LogP contribution in [0.15, 0.2) is 46.4 Å². The molecule has 0 aliphatic heterocycles. The van der Waals surface area contributed by atoms with Gasteiger partial charge in [-0.1, -0.05) is 17.7 Å². The van der Waals surface area contributed by atoms with E-state index in [9.17, 15) is 18.5 Å². The van der Waals surface area contributed by atoms with E-state index in [-0.39, 0.29) is 32.8 Å². The van der Waals surface area contributed by atoms with Crippen LogP contribution < -0.4 is 15.2 Å². The van der Waals surface area contributed by atoms with Crippen LogP contribution in [0.3, 0.4) is 0 Å². The fourth-order valence-corrected chi connectivity index (χ4v) is 2.55. The van der Waals surface area contributed by atoms with Gasteiger partial charge in [-0.25, -0.2) is 0 Å². The lowest BCUT2D eigenvalue weighted by Gasteiger charge is -2.11. The van der Waals surface area contributed by atoms with Crippen molar-refractivity contribution < 1.29 is 32.6 Å². The molecule has 0 aliphatic carbocycles. The standard InChI is InChI=1S/C10H13N5O5.C7H8O3S/c1-19-8-4-7(15(17)18)3-6(9(8)20-2)5-13-14(16)10(11)12;1-6-2-4-7(5-3-6)11(8,9)10/h3-5,16H,1-2H3,(H3,11,12);2-5H,1H3,(H,8,9,10). The summed E-state index contributed by atoms with van der Waals surface area (Å²) in [6.07, 6.45) is 1.05. The minimum atomic E-state index is -4.02. The number of nitrogens with two attached hydrogens (primary N) is 1. The summed E-state index contributed by atoms with van der Waals surface area (Å²) in [4.78, 5) is 10.1. The second-order valence-corrected chi connectivity index (χ2v) is 7.16. The van der Waals surface area contributed by atoms with Crippen LogP contribution in [0.25, 0.3) is 0 Å². The van der Waals surface area contributed by atoms with Gasteiger partial charge in [-0.05, 0) is 19.1 Å². The summed E-state index contributed by atoms with van der Waals surface area (Å²) in [6, 6.07) is 8.36. The molecule has 0 fully saturated rings. The number of hydrazone groups is 1. The molecular weight excluding hydrogens is 434 g/mol. The molecule has 2 aromatic rings. The third-order valence-electron chi connectivity index (χ3n) is 3.54. The van der Waals surface area contributed by atoms with Crippen LogP contribution in [0.2, 0.25) is 0 Å². The van der Waals surface area contributed by atoms with Crippen LogP contribution >= 0.6 is 0 Å². The molecule has 0 radical (unpaired) electrons. The molecule has 0 aromatic heterocycles. The highest BCUT2D eigenvalue weighted by Crippen LogP contribution is 2.34. The van der Waals surface area contributed by atoms with Gasteiger partial charge in [-0.15, -0.1) is 5.17 Å². The Bertz CT molecular complexity index is 1070. The average molecular weight is 455 g/mol. The SMILES string of the molecule is COc1cc([N+](=O)[O-])cc(C=NN(O)C(=N)N)c1OC.Cc1ccc(S(=O)(=O)O)cc1.